The highest BCUT2D eigenvalue weighted by atomic mass is 16.4. The highest BCUT2D eigenvalue weighted by molar-refractivity contribution is 5.73. The van der Waals surface area contributed by atoms with Gasteiger partial charge in [0.05, 0.1) is 5.92 Å². The monoisotopic (exact) mass is 235 g/mol. The number of carboxylic acids is 1. The minimum atomic E-state index is -0.833. The molecule has 3 N–H and O–H groups in total. The summed E-state index contributed by atoms with van der Waals surface area (Å²) in [4.78, 5) is 28.6. The Morgan fingerprint density at radius 2 is 2.35 bits per heavy atom. The molecule has 0 saturated carbocycles. The molecule has 2 unspecified atom stereocenters. The van der Waals surface area contributed by atoms with Gasteiger partial charge in [0.1, 0.15) is 11.6 Å². The van der Waals surface area contributed by atoms with Crippen molar-refractivity contribution < 1.29 is 9.90 Å². The number of hydrogen-bond acceptors (Lipinski definition) is 4. The molecule has 0 amide bonds. The van der Waals surface area contributed by atoms with Gasteiger partial charge < -0.3 is 15.4 Å². The van der Waals surface area contributed by atoms with Gasteiger partial charge >= 0.3 is 5.97 Å². The van der Waals surface area contributed by atoms with Crippen LogP contribution in [0.25, 0.3) is 0 Å². The number of nitrogens with zero attached hydrogens (tertiary/aromatic N) is 1. The van der Waals surface area contributed by atoms with Crippen LogP contribution in [0.2, 0.25) is 0 Å². The molecule has 0 bridgehead atoms. The third kappa shape index (κ3) is 2.72. The molecule has 0 aliphatic heterocycles. The van der Waals surface area contributed by atoms with E-state index in [9.17, 15) is 9.59 Å². The molecule has 0 spiro atoms. The first-order valence-corrected chi connectivity index (χ1v) is 5.30. The first-order chi connectivity index (χ1) is 8.04. The van der Waals surface area contributed by atoms with Crippen molar-refractivity contribution in [1.29, 1.82) is 0 Å². The number of nitrogens with one attached hydrogen (secondary N) is 2. The molecule has 0 radical (unpaired) electrons. The molecule has 0 aromatic carbocycles. The summed E-state index contributed by atoms with van der Waals surface area (Å²) in [7, 11) is 0. The molecule has 1 aromatic heterocycles. The molecule has 17 heavy (non-hydrogen) atoms. The van der Waals surface area contributed by atoms with Gasteiger partial charge in [-0.15, -0.1) is 0 Å². The fraction of sp³-hybridized carbons (Fsp3) is 0.364. The number of aryl methyl sites for hydroxylation is 1. The Morgan fingerprint density at radius 1 is 1.59 bits per heavy atom. The van der Waals surface area contributed by atoms with E-state index in [-0.39, 0.29) is 11.6 Å². The average molecular weight is 235 g/mol. The quantitative estimate of drug-likeness (QED) is 0.664. The molecule has 1 aliphatic carbocycles. The van der Waals surface area contributed by atoms with Crippen molar-refractivity contribution in [3.8, 4) is 0 Å². The Hall–Kier alpha value is -2.11. The number of carboxylic acid groups (broad SMARTS) is 1. The van der Waals surface area contributed by atoms with E-state index in [2.05, 4.69) is 15.3 Å². The predicted molar refractivity (Wildman–Crippen MR) is 61.9 cm³/mol. The van der Waals surface area contributed by atoms with Crippen LogP contribution in [0.4, 0.5) is 5.82 Å². The van der Waals surface area contributed by atoms with E-state index >= 15 is 0 Å². The number of aromatic amines is 1. The lowest BCUT2D eigenvalue weighted by Gasteiger charge is -2.12. The average Bonchev–Trinajstić information content (AvgIpc) is 2.64. The highest BCUT2D eigenvalue weighted by Crippen LogP contribution is 2.20. The SMILES string of the molecule is Cc1nc(NC2C=CC(C(=O)O)C2)cc(=O)[nH]1. The molecule has 0 saturated heterocycles. The first kappa shape index (κ1) is 11.4. The lowest BCUT2D eigenvalue weighted by molar-refractivity contribution is -0.140. The van der Waals surface area contributed by atoms with Crippen LogP contribution in [-0.4, -0.2) is 27.1 Å². The largest absolute Gasteiger partial charge is 0.481 e. The normalized spacial score (nSPS) is 22.6. The molecule has 1 aromatic rings. The topological polar surface area (TPSA) is 95.1 Å². The summed E-state index contributed by atoms with van der Waals surface area (Å²) in [6.07, 6.45) is 3.92. The zero-order chi connectivity index (χ0) is 12.4. The summed E-state index contributed by atoms with van der Waals surface area (Å²) in [5.74, 6) is -0.306. The number of anilines is 1. The molecule has 0 fully saturated rings. The van der Waals surface area contributed by atoms with Crippen LogP contribution in [0, 0.1) is 12.8 Å². The van der Waals surface area contributed by atoms with Crippen LogP contribution in [-0.2, 0) is 4.79 Å². The maximum absolute atomic E-state index is 11.2. The van der Waals surface area contributed by atoms with E-state index in [0.29, 0.717) is 18.1 Å². The summed E-state index contributed by atoms with van der Waals surface area (Å²) in [6.45, 7) is 1.69. The number of aliphatic carboxylic acids is 1. The molecular weight excluding hydrogens is 222 g/mol. The van der Waals surface area contributed by atoms with Crippen molar-refractivity contribution in [2.45, 2.75) is 19.4 Å². The minimum Gasteiger partial charge on any atom is -0.481 e. The third-order valence-electron chi connectivity index (χ3n) is 2.59. The third-order valence-corrected chi connectivity index (χ3v) is 2.59. The van der Waals surface area contributed by atoms with Gasteiger partial charge in [0.2, 0.25) is 0 Å². The second kappa shape index (κ2) is 4.40. The maximum atomic E-state index is 11.2. The summed E-state index contributed by atoms with van der Waals surface area (Å²) in [5, 5.41) is 11.9. The number of rotatable bonds is 3. The lowest BCUT2D eigenvalue weighted by Crippen LogP contribution is -2.21. The number of carbonyl (C=O) groups is 1. The first-order valence-electron chi connectivity index (χ1n) is 5.30. The van der Waals surface area contributed by atoms with E-state index < -0.39 is 11.9 Å². The molecule has 6 heteroatoms. The number of aromatic nitrogens is 2. The van der Waals surface area contributed by atoms with E-state index in [4.69, 9.17) is 5.11 Å². The Balaban J connectivity index is 2.06. The zero-order valence-electron chi connectivity index (χ0n) is 9.30. The Morgan fingerprint density at radius 3 is 2.94 bits per heavy atom. The van der Waals surface area contributed by atoms with Gasteiger partial charge in [-0.1, -0.05) is 12.2 Å². The van der Waals surface area contributed by atoms with Gasteiger partial charge in [-0.25, -0.2) is 4.98 Å². The molecule has 6 nitrogen and oxygen atoms in total. The van der Waals surface area contributed by atoms with Crippen LogP contribution in [0.1, 0.15) is 12.2 Å². The standard InChI is InChI=1S/C11H13N3O3/c1-6-12-9(5-10(15)13-6)14-8-3-2-7(4-8)11(16)17/h2-3,5,7-8H,4H2,1H3,(H,16,17)(H2,12,13,14,15). The van der Waals surface area contributed by atoms with Gasteiger partial charge in [0, 0.05) is 12.1 Å². The van der Waals surface area contributed by atoms with Gasteiger partial charge in [0.25, 0.3) is 5.56 Å². The van der Waals surface area contributed by atoms with Gasteiger partial charge in [-0.3, -0.25) is 9.59 Å². The lowest BCUT2D eigenvalue weighted by atomic mass is 10.1. The van der Waals surface area contributed by atoms with E-state index in [0.717, 1.165) is 0 Å². The van der Waals surface area contributed by atoms with Crippen molar-refractivity contribution in [2.75, 3.05) is 5.32 Å². The summed E-state index contributed by atoms with van der Waals surface area (Å²) in [5.41, 5.74) is -0.225. The molecule has 90 valence electrons. The van der Waals surface area contributed by atoms with Crippen LogP contribution < -0.4 is 10.9 Å². The van der Waals surface area contributed by atoms with Crippen molar-refractivity contribution in [1.82, 2.24) is 9.97 Å². The van der Waals surface area contributed by atoms with Crippen molar-refractivity contribution in [3.63, 3.8) is 0 Å². The number of hydrogen-bond donors (Lipinski definition) is 3. The van der Waals surface area contributed by atoms with E-state index in [1.807, 2.05) is 0 Å². The van der Waals surface area contributed by atoms with Crippen LogP contribution in [0.5, 0.6) is 0 Å². The van der Waals surface area contributed by atoms with Crippen LogP contribution in [0.3, 0.4) is 0 Å². The number of H-pyrrole nitrogens is 1. The molecule has 1 heterocycles. The molecule has 1 aliphatic rings. The van der Waals surface area contributed by atoms with Crippen LogP contribution >= 0.6 is 0 Å². The van der Waals surface area contributed by atoms with E-state index in [1.165, 1.54) is 6.07 Å². The smallest absolute Gasteiger partial charge is 0.310 e. The summed E-state index contributed by atoms with van der Waals surface area (Å²) < 4.78 is 0. The Kier molecular flexibility index (Phi) is 2.95. The molecule has 2 atom stereocenters. The predicted octanol–water partition coefficient (Wildman–Crippen LogP) is 0.520. The van der Waals surface area contributed by atoms with Crippen LogP contribution in [0.15, 0.2) is 23.0 Å². The fourth-order valence-corrected chi connectivity index (χ4v) is 1.83. The summed E-state index contributed by atoms with van der Waals surface area (Å²) >= 11 is 0. The van der Waals surface area contributed by atoms with Crippen molar-refractivity contribution >= 4 is 11.8 Å². The maximum Gasteiger partial charge on any atom is 0.310 e. The Bertz CT molecular complexity index is 521. The second-order valence-corrected chi connectivity index (χ2v) is 4.03. The molecule has 2 rings (SSSR count). The van der Waals surface area contributed by atoms with Gasteiger partial charge in [-0.2, -0.15) is 0 Å². The minimum absolute atomic E-state index is 0.0928. The van der Waals surface area contributed by atoms with Gasteiger partial charge in [0.15, 0.2) is 0 Å². The van der Waals surface area contributed by atoms with Crippen molar-refractivity contribution in [2.24, 2.45) is 5.92 Å². The fourth-order valence-electron chi connectivity index (χ4n) is 1.83. The second-order valence-electron chi connectivity index (χ2n) is 4.03. The Labute approximate surface area is 97.4 Å². The van der Waals surface area contributed by atoms with Crippen molar-refractivity contribution in [3.05, 3.63) is 34.4 Å². The summed E-state index contributed by atoms with van der Waals surface area (Å²) in [6, 6.07) is 1.26. The van der Waals surface area contributed by atoms with E-state index in [1.54, 1.807) is 19.1 Å². The molecular formula is C11H13N3O3. The van der Waals surface area contributed by atoms with Gasteiger partial charge in [-0.05, 0) is 13.3 Å². The highest BCUT2D eigenvalue weighted by Gasteiger charge is 2.24. The zero-order valence-corrected chi connectivity index (χ0v) is 9.30.